The molecule has 4 heteroatoms. The number of hydrogen-bond donors (Lipinski definition) is 1. The number of esters is 1. The fourth-order valence-corrected chi connectivity index (χ4v) is 5.08. The summed E-state index contributed by atoms with van der Waals surface area (Å²) in [6.07, 6.45) is 17.1. The molecule has 2 aliphatic carbocycles. The summed E-state index contributed by atoms with van der Waals surface area (Å²) in [5, 5.41) is 9.38. The van der Waals surface area contributed by atoms with Crippen LogP contribution in [0.4, 0.5) is 0 Å². The van der Waals surface area contributed by atoms with Crippen LogP contribution in [0.15, 0.2) is 43.0 Å². The van der Waals surface area contributed by atoms with Gasteiger partial charge in [0.15, 0.2) is 0 Å². The van der Waals surface area contributed by atoms with Crippen molar-refractivity contribution < 1.29 is 19.4 Å². The molecule has 1 aromatic rings. The van der Waals surface area contributed by atoms with Gasteiger partial charge in [-0.2, -0.15) is 0 Å². The molecule has 0 radical (unpaired) electrons. The van der Waals surface area contributed by atoms with E-state index >= 15 is 0 Å². The van der Waals surface area contributed by atoms with Crippen LogP contribution in [0.2, 0.25) is 0 Å². The van der Waals surface area contributed by atoms with E-state index in [1.54, 1.807) is 0 Å². The van der Waals surface area contributed by atoms with Crippen LogP contribution in [0.3, 0.4) is 0 Å². The minimum Gasteiger partial charge on any atom is -0.490 e. The van der Waals surface area contributed by atoms with Gasteiger partial charge in [0.1, 0.15) is 19.0 Å². The molecule has 0 aromatic heterocycles. The first-order valence-electron chi connectivity index (χ1n) is 12.4. The van der Waals surface area contributed by atoms with Crippen LogP contribution in [-0.2, 0) is 16.0 Å². The molecule has 2 aliphatic rings. The van der Waals surface area contributed by atoms with E-state index in [9.17, 15) is 9.90 Å². The Bertz CT molecular complexity index is 753. The summed E-state index contributed by atoms with van der Waals surface area (Å²) in [7, 11) is 0. The number of ether oxygens (including phenoxy) is 2. The second-order valence-electron chi connectivity index (χ2n) is 9.58. The van der Waals surface area contributed by atoms with Gasteiger partial charge in [-0.3, -0.25) is 0 Å². The minimum absolute atomic E-state index is 0.0819. The molecule has 0 spiro atoms. The molecule has 0 saturated heterocycles. The zero-order valence-corrected chi connectivity index (χ0v) is 19.6. The average Bonchev–Trinajstić information content (AvgIpc) is 2.82. The predicted octanol–water partition coefficient (Wildman–Crippen LogP) is 5.99. The summed E-state index contributed by atoms with van der Waals surface area (Å²) in [6.45, 7) is 6.33. The summed E-state index contributed by atoms with van der Waals surface area (Å²) < 4.78 is 10.9. The van der Waals surface area contributed by atoms with E-state index in [0.717, 1.165) is 35.1 Å². The number of carbonyl (C=O) groups is 1. The summed E-state index contributed by atoms with van der Waals surface area (Å²) in [6, 6.07) is 6.40. The maximum absolute atomic E-state index is 11.2. The molecule has 0 unspecified atom stereocenters. The van der Waals surface area contributed by atoms with Crippen LogP contribution in [0, 0.1) is 17.8 Å². The van der Waals surface area contributed by atoms with Gasteiger partial charge in [-0.1, -0.05) is 50.6 Å². The molecule has 0 amide bonds. The Hall–Kier alpha value is -2.07. The SMILES string of the molecule is C=CC(=O)OCCOc1cc(C2CCC(/C=C/C3CCC(C)CC3)CC2)ccc1CCO. The van der Waals surface area contributed by atoms with Crippen molar-refractivity contribution in [1.82, 2.24) is 0 Å². The molecular formula is C28H40O4. The van der Waals surface area contributed by atoms with E-state index in [0.29, 0.717) is 18.9 Å². The highest BCUT2D eigenvalue weighted by Crippen LogP contribution is 2.39. The molecule has 0 aliphatic heterocycles. The van der Waals surface area contributed by atoms with E-state index in [4.69, 9.17) is 9.47 Å². The summed E-state index contributed by atoms with van der Waals surface area (Å²) >= 11 is 0. The number of rotatable bonds is 10. The molecule has 1 N–H and O–H groups in total. The van der Waals surface area contributed by atoms with Gasteiger partial charge in [0, 0.05) is 12.7 Å². The van der Waals surface area contributed by atoms with Gasteiger partial charge < -0.3 is 14.6 Å². The van der Waals surface area contributed by atoms with Crippen molar-refractivity contribution in [1.29, 1.82) is 0 Å². The van der Waals surface area contributed by atoms with Crippen molar-refractivity contribution >= 4 is 5.97 Å². The van der Waals surface area contributed by atoms with E-state index in [1.807, 2.05) is 0 Å². The molecule has 2 fully saturated rings. The maximum Gasteiger partial charge on any atom is 0.330 e. The predicted molar refractivity (Wildman–Crippen MR) is 129 cm³/mol. The summed E-state index contributed by atoms with van der Waals surface area (Å²) in [5.74, 6) is 3.33. The van der Waals surface area contributed by atoms with Crippen molar-refractivity contribution in [2.24, 2.45) is 17.8 Å². The third-order valence-corrected chi connectivity index (χ3v) is 7.18. The van der Waals surface area contributed by atoms with Gasteiger partial charge in [-0.15, -0.1) is 0 Å². The molecule has 3 rings (SSSR count). The number of aliphatic hydroxyl groups excluding tert-OH is 1. The van der Waals surface area contributed by atoms with Crippen LogP contribution in [0.1, 0.15) is 75.3 Å². The monoisotopic (exact) mass is 440 g/mol. The van der Waals surface area contributed by atoms with Crippen molar-refractivity contribution in [2.75, 3.05) is 19.8 Å². The number of hydrogen-bond acceptors (Lipinski definition) is 4. The highest BCUT2D eigenvalue weighted by Gasteiger charge is 2.23. The van der Waals surface area contributed by atoms with Crippen molar-refractivity contribution in [2.45, 2.75) is 70.6 Å². The number of aliphatic hydroxyl groups is 1. The summed E-state index contributed by atoms with van der Waals surface area (Å²) in [4.78, 5) is 11.2. The van der Waals surface area contributed by atoms with Crippen molar-refractivity contribution in [3.8, 4) is 5.75 Å². The largest absolute Gasteiger partial charge is 0.490 e. The lowest BCUT2D eigenvalue weighted by Gasteiger charge is -2.29. The Morgan fingerprint density at radius 3 is 2.31 bits per heavy atom. The molecule has 176 valence electrons. The van der Waals surface area contributed by atoms with E-state index in [2.05, 4.69) is 43.9 Å². The summed E-state index contributed by atoms with van der Waals surface area (Å²) in [5.41, 5.74) is 2.30. The maximum atomic E-state index is 11.2. The number of benzene rings is 1. The second-order valence-corrected chi connectivity index (χ2v) is 9.58. The molecular weight excluding hydrogens is 400 g/mol. The third-order valence-electron chi connectivity index (χ3n) is 7.18. The normalized spacial score (nSPS) is 26.1. The van der Waals surface area contributed by atoms with Crippen LogP contribution >= 0.6 is 0 Å². The van der Waals surface area contributed by atoms with E-state index in [-0.39, 0.29) is 13.2 Å². The molecule has 0 heterocycles. The van der Waals surface area contributed by atoms with Gasteiger partial charge in [0.05, 0.1) is 0 Å². The van der Waals surface area contributed by atoms with Gasteiger partial charge in [0.25, 0.3) is 0 Å². The van der Waals surface area contributed by atoms with Crippen LogP contribution in [0.5, 0.6) is 5.75 Å². The van der Waals surface area contributed by atoms with Crippen LogP contribution in [-0.4, -0.2) is 30.9 Å². The molecule has 1 aromatic carbocycles. The molecule has 32 heavy (non-hydrogen) atoms. The smallest absolute Gasteiger partial charge is 0.330 e. The van der Waals surface area contributed by atoms with Gasteiger partial charge in [0.2, 0.25) is 0 Å². The highest BCUT2D eigenvalue weighted by molar-refractivity contribution is 5.81. The molecule has 4 nitrogen and oxygen atoms in total. The molecule has 0 atom stereocenters. The van der Waals surface area contributed by atoms with Crippen LogP contribution in [0.25, 0.3) is 0 Å². The second kappa shape index (κ2) is 12.8. The number of allylic oxidation sites excluding steroid dienone is 2. The Morgan fingerprint density at radius 1 is 1.03 bits per heavy atom. The van der Waals surface area contributed by atoms with Crippen molar-refractivity contribution in [3.63, 3.8) is 0 Å². The Morgan fingerprint density at radius 2 is 1.69 bits per heavy atom. The zero-order chi connectivity index (χ0) is 22.8. The van der Waals surface area contributed by atoms with Crippen molar-refractivity contribution in [3.05, 3.63) is 54.1 Å². The lowest BCUT2D eigenvalue weighted by atomic mass is 9.77. The lowest BCUT2D eigenvalue weighted by molar-refractivity contribution is -0.138. The van der Waals surface area contributed by atoms with Crippen LogP contribution < -0.4 is 4.74 Å². The van der Waals surface area contributed by atoms with Gasteiger partial charge in [-0.05, 0) is 85.8 Å². The third kappa shape index (κ3) is 7.51. The fourth-order valence-electron chi connectivity index (χ4n) is 5.08. The first kappa shape index (κ1) is 24.6. The fraction of sp³-hybridized carbons (Fsp3) is 0.607. The average molecular weight is 441 g/mol. The minimum atomic E-state index is -0.443. The van der Waals surface area contributed by atoms with E-state index < -0.39 is 5.97 Å². The Labute approximate surface area is 193 Å². The standard InChI is InChI=1S/C28H40O4/c1-3-28(30)32-19-18-31-27-20-26(15-14-25(27)16-17-29)24-12-10-23(11-13-24)9-8-22-6-4-21(2)5-7-22/h3,8-9,14-15,20-24,29H,1,4-7,10-13,16-19H2,2H3/b9-8+. The first-order valence-corrected chi connectivity index (χ1v) is 12.4. The Kier molecular flexibility index (Phi) is 9.86. The Balaban J connectivity index is 1.52. The number of carbonyl (C=O) groups excluding carboxylic acids is 1. The lowest BCUT2D eigenvalue weighted by Crippen LogP contribution is -2.14. The highest BCUT2D eigenvalue weighted by atomic mass is 16.6. The topological polar surface area (TPSA) is 55.8 Å². The first-order chi connectivity index (χ1) is 15.6. The molecule has 0 bridgehead atoms. The quantitative estimate of drug-likeness (QED) is 0.210. The zero-order valence-electron chi connectivity index (χ0n) is 19.6. The molecule has 2 saturated carbocycles. The van der Waals surface area contributed by atoms with Gasteiger partial charge in [-0.25, -0.2) is 4.79 Å². The van der Waals surface area contributed by atoms with E-state index in [1.165, 1.54) is 56.9 Å². The van der Waals surface area contributed by atoms with Gasteiger partial charge >= 0.3 is 5.97 Å².